The van der Waals surface area contributed by atoms with Gasteiger partial charge in [-0.15, -0.1) is 0 Å². The first kappa shape index (κ1) is 27.1. The van der Waals surface area contributed by atoms with Crippen LogP contribution < -0.4 is 15.4 Å². The second kappa shape index (κ2) is 12.1. The van der Waals surface area contributed by atoms with Crippen LogP contribution in [0.15, 0.2) is 70.2 Å². The maximum atomic E-state index is 12.3. The molecule has 200 valence electrons. The molecule has 0 amide bonds. The molecule has 4 aromatic rings. The van der Waals surface area contributed by atoms with Crippen molar-refractivity contribution in [2.45, 2.75) is 18.2 Å². The van der Waals surface area contributed by atoms with E-state index in [9.17, 15) is 8.42 Å². The molecule has 4 rings (SSSR count). The Bertz CT molecular complexity index is 1490. The summed E-state index contributed by atoms with van der Waals surface area (Å²) in [5.74, 6) is 1.59. The molecule has 0 fully saturated rings. The van der Waals surface area contributed by atoms with Crippen LogP contribution in [0.3, 0.4) is 0 Å². The molecule has 0 saturated heterocycles. The van der Waals surface area contributed by atoms with Gasteiger partial charge in [0.2, 0.25) is 5.95 Å². The van der Waals surface area contributed by atoms with E-state index in [4.69, 9.17) is 9.15 Å². The van der Waals surface area contributed by atoms with Crippen molar-refractivity contribution in [3.8, 4) is 28.3 Å². The zero-order valence-electron chi connectivity index (χ0n) is 21.9. The normalized spacial score (nSPS) is 11.5. The molecule has 0 radical (unpaired) electrons. The van der Waals surface area contributed by atoms with Crippen LogP contribution in [0, 0.1) is 0 Å². The molecule has 0 saturated carbocycles. The predicted molar refractivity (Wildman–Crippen MR) is 149 cm³/mol. The Hall–Kier alpha value is -3.96. The number of anilines is 3. The minimum Gasteiger partial charge on any atom is -0.495 e. The van der Waals surface area contributed by atoms with Crippen LogP contribution in [0.4, 0.5) is 17.7 Å². The fourth-order valence-electron chi connectivity index (χ4n) is 3.76. The van der Waals surface area contributed by atoms with Crippen molar-refractivity contribution in [2.75, 3.05) is 50.7 Å². The van der Waals surface area contributed by atoms with Crippen LogP contribution in [0.25, 0.3) is 22.6 Å². The summed E-state index contributed by atoms with van der Waals surface area (Å²) in [5, 5.41) is 6.31. The Balaban J connectivity index is 1.52. The van der Waals surface area contributed by atoms with Crippen LogP contribution >= 0.6 is 0 Å². The third-order valence-electron chi connectivity index (χ3n) is 5.82. The average Bonchev–Trinajstić information content (AvgIpc) is 3.40. The molecule has 0 spiro atoms. The van der Waals surface area contributed by atoms with Gasteiger partial charge in [-0.2, -0.15) is 0 Å². The number of hydrogen-bond acceptors (Lipinski definition) is 10. The molecule has 2 N–H and O–H groups in total. The van der Waals surface area contributed by atoms with Crippen molar-refractivity contribution in [1.82, 2.24) is 19.9 Å². The summed E-state index contributed by atoms with van der Waals surface area (Å²) in [7, 11) is 2.22. The molecule has 2 aromatic heterocycles. The monoisotopic (exact) mass is 536 g/mol. The van der Waals surface area contributed by atoms with Gasteiger partial charge in [0.1, 0.15) is 5.75 Å². The predicted octanol–water partition coefficient (Wildman–Crippen LogP) is 4.71. The van der Waals surface area contributed by atoms with E-state index in [-0.39, 0.29) is 16.7 Å². The van der Waals surface area contributed by atoms with Crippen molar-refractivity contribution in [1.29, 1.82) is 0 Å². The van der Waals surface area contributed by atoms with Crippen LogP contribution in [-0.2, 0) is 9.84 Å². The molecular weight excluding hydrogens is 504 g/mol. The minimum atomic E-state index is -3.38. The number of benzene rings is 2. The first-order valence-electron chi connectivity index (χ1n) is 12.2. The Morgan fingerprint density at radius 1 is 1.05 bits per heavy atom. The Labute approximate surface area is 223 Å². The summed E-state index contributed by atoms with van der Waals surface area (Å²) in [6.07, 6.45) is 4.33. The third kappa shape index (κ3) is 6.67. The first-order chi connectivity index (χ1) is 18.3. The number of nitrogens with zero attached hydrogens (tertiary/aromatic N) is 4. The summed E-state index contributed by atoms with van der Waals surface area (Å²) < 4.78 is 36.0. The van der Waals surface area contributed by atoms with E-state index in [0.29, 0.717) is 23.1 Å². The van der Waals surface area contributed by atoms with Crippen LogP contribution in [-0.4, -0.2) is 68.3 Å². The van der Waals surface area contributed by atoms with Gasteiger partial charge in [0.05, 0.1) is 35.3 Å². The third-order valence-corrected chi connectivity index (χ3v) is 7.55. The van der Waals surface area contributed by atoms with E-state index >= 15 is 0 Å². The van der Waals surface area contributed by atoms with Crippen molar-refractivity contribution in [2.24, 2.45) is 0 Å². The zero-order valence-corrected chi connectivity index (χ0v) is 22.7. The molecule has 11 heteroatoms. The van der Waals surface area contributed by atoms with Crippen molar-refractivity contribution >= 4 is 27.5 Å². The average molecular weight is 537 g/mol. The first-order valence-corrected chi connectivity index (χ1v) is 13.9. The van der Waals surface area contributed by atoms with Gasteiger partial charge in [0, 0.05) is 23.9 Å². The van der Waals surface area contributed by atoms with Gasteiger partial charge in [-0.3, -0.25) is 0 Å². The van der Waals surface area contributed by atoms with Crippen molar-refractivity contribution in [3.63, 3.8) is 0 Å². The van der Waals surface area contributed by atoms with Crippen molar-refractivity contribution in [3.05, 3.63) is 60.9 Å². The fourth-order valence-corrected chi connectivity index (χ4v) is 4.66. The lowest BCUT2D eigenvalue weighted by Gasteiger charge is -2.11. The molecule has 0 aliphatic heterocycles. The summed E-state index contributed by atoms with van der Waals surface area (Å²) >= 11 is 0. The Kier molecular flexibility index (Phi) is 8.59. The van der Waals surface area contributed by atoms with Gasteiger partial charge in [0.15, 0.2) is 15.6 Å². The molecular formula is C27H32N6O4S. The topological polar surface area (TPSA) is 122 Å². The summed E-state index contributed by atoms with van der Waals surface area (Å²) in [6, 6.07) is 14.5. The number of ether oxygens (including phenoxy) is 1. The molecule has 0 bridgehead atoms. The number of sulfone groups is 1. The smallest absolute Gasteiger partial charge is 0.299 e. The van der Waals surface area contributed by atoms with Gasteiger partial charge >= 0.3 is 0 Å². The Morgan fingerprint density at radius 2 is 1.87 bits per heavy atom. The maximum absolute atomic E-state index is 12.3. The highest BCUT2D eigenvalue weighted by Gasteiger charge is 2.16. The highest BCUT2D eigenvalue weighted by Crippen LogP contribution is 2.32. The number of aromatic nitrogens is 3. The molecule has 0 atom stereocenters. The second-order valence-corrected chi connectivity index (χ2v) is 11.1. The molecule has 2 heterocycles. The SMILES string of the molecule is CCS(=O)(=O)c1ccc(OC)c(Nc2ncc(-c3cccc(-c4ccnc(NCCCN(C)C)n4)c3)o2)c1. The van der Waals surface area contributed by atoms with E-state index < -0.39 is 9.84 Å². The molecule has 0 aliphatic rings. The minimum absolute atomic E-state index is 0.00139. The number of rotatable bonds is 12. The van der Waals surface area contributed by atoms with Crippen LogP contribution in [0.2, 0.25) is 0 Å². The fraction of sp³-hybridized carbons (Fsp3) is 0.296. The summed E-state index contributed by atoms with van der Waals surface area (Å²) in [4.78, 5) is 15.6. The lowest BCUT2D eigenvalue weighted by atomic mass is 10.1. The Morgan fingerprint density at radius 3 is 2.63 bits per heavy atom. The second-order valence-electron chi connectivity index (χ2n) is 8.85. The highest BCUT2D eigenvalue weighted by molar-refractivity contribution is 7.91. The van der Waals surface area contributed by atoms with E-state index in [0.717, 1.165) is 36.3 Å². The van der Waals surface area contributed by atoms with E-state index in [1.165, 1.54) is 19.2 Å². The number of hydrogen-bond donors (Lipinski definition) is 2. The van der Waals surface area contributed by atoms with Crippen molar-refractivity contribution < 1.29 is 17.6 Å². The molecule has 38 heavy (non-hydrogen) atoms. The number of oxazole rings is 1. The summed E-state index contributed by atoms with van der Waals surface area (Å²) in [6.45, 7) is 3.37. The standard InChI is InChI=1S/C27H32N6O4S/c1-5-38(34,35)21-10-11-24(36-4)23(17-21)32-27-30-18-25(37-27)20-9-6-8-19(16-20)22-12-14-29-26(31-22)28-13-7-15-33(2)3/h6,8-12,14,16-18H,5,7,13,15H2,1-4H3,(H,30,32)(H,28,29,31). The quantitative estimate of drug-likeness (QED) is 0.246. The van der Waals surface area contributed by atoms with Gasteiger partial charge in [-0.25, -0.2) is 23.4 Å². The lowest BCUT2D eigenvalue weighted by Crippen LogP contribution is -2.17. The van der Waals surface area contributed by atoms with E-state index in [1.54, 1.807) is 25.4 Å². The van der Waals surface area contributed by atoms with Gasteiger partial charge in [-0.1, -0.05) is 25.1 Å². The van der Waals surface area contributed by atoms with Gasteiger partial charge in [0.25, 0.3) is 6.01 Å². The maximum Gasteiger partial charge on any atom is 0.299 e. The van der Waals surface area contributed by atoms with E-state index in [1.807, 2.05) is 44.4 Å². The number of nitrogens with one attached hydrogen (secondary N) is 2. The molecule has 10 nitrogen and oxygen atoms in total. The lowest BCUT2D eigenvalue weighted by molar-refractivity contribution is 0.405. The highest BCUT2D eigenvalue weighted by atomic mass is 32.2. The summed E-state index contributed by atoms with van der Waals surface area (Å²) in [5.41, 5.74) is 2.95. The molecule has 2 aromatic carbocycles. The van der Waals surface area contributed by atoms with Gasteiger partial charge in [-0.05, 0) is 57.4 Å². The largest absolute Gasteiger partial charge is 0.495 e. The molecule has 0 unspecified atom stereocenters. The number of methoxy groups -OCH3 is 1. The molecule has 0 aliphatic carbocycles. The zero-order chi connectivity index (χ0) is 27.1. The van der Waals surface area contributed by atoms with Crippen LogP contribution in [0.1, 0.15) is 13.3 Å². The van der Waals surface area contributed by atoms with Crippen LogP contribution in [0.5, 0.6) is 5.75 Å². The van der Waals surface area contributed by atoms with Gasteiger partial charge < -0.3 is 24.7 Å². The van der Waals surface area contributed by atoms with E-state index in [2.05, 4.69) is 30.5 Å².